The number of rotatable bonds is 4. The van der Waals surface area contributed by atoms with Crippen LogP contribution in [0, 0.1) is 13.8 Å². The topological polar surface area (TPSA) is 47.3 Å². The molecule has 1 aromatic carbocycles. The number of hydrogen-bond donors (Lipinski definition) is 0. The van der Waals surface area contributed by atoms with Crippen molar-refractivity contribution in [1.82, 2.24) is 0 Å². The lowest BCUT2D eigenvalue weighted by Gasteiger charge is -2.14. The summed E-state index contributed by atoms with van der Waals surface area (Å²) >= 11 is 0. The van der Waals surface area contributed by atoms with E-state index in [1.807, 2.05) is 19.1 Å². The molecule has 0 N–H and O–H groups in total. The second kappa shape index (κ2) is 4.32. The van der Waals surface area contributed by atoms with E-state index >= 15 is 0 Å². The van der Waals surface area contributed by atoms with Gasteiger partial charge in [-0.05, 0) is 38.8 Å². The molecule has 0 saturated heterocycles. The van der Waals surface area contributed by atoms with Crippen LogP contribution in [0.5, 0.6) is 0 Å². The molecule has 1 atom stereocenters. The Morgan fingerprint density at radius 1 is 1.18 bits per heavy atom. The van der Waals surface area contributed by atoms with Crippen LogP contribution < -0.4 is 10.9 Å². The summed E-state index contributed by atoms with van der Waals surface area (Å²) in [6.07, 6.45) is 1.51. The van der Waals surface area contributed by atoms with Crippen molar-refractivity contribution in [3.63, 3.8) is 0 Å². The van der Waals surface area contributed by atoms with E-state index in [-0.39, 0.29) is 16.8 Å². The maximum Gasteiger partial charge on any atom is 0.229 e. The van der Waals surface area contributed by atoms with E-state index in [0.29, 0.717) is 17.5 Å². The van der Waals surface area contributed by atoms with Crippen LogP contribution in [0.4, 0.5) is 0 Å². The standard InChI is InChI=1S/C14H16O3/c1-4-10(12-6-5-8(2)17-12)7-11-9(3)13(15)14(11)16/h5-6,10H,4,7H2,1-3H3/t10-/m0/s1. The fourth-order valence-corrected chi connectivity index (χ4v) is 2.16. The zero-order chi connectivity index (χ0) is 12.6. The molecule has 0 bridgehead atoms. The van der Waals surface area contributed by atoms with E-state index in [0.717, 1.165) is 17.9 Å². The van der Waals surface area contributed by atoms with Crippen LogP contribution >= 0.6 is 0 Å². The van der Waals surface area contributed by atoms with Crippen LogP contribution in [0.1, 0.15) is 41.9 Å². The molecular weight excluding hydrogens is 216 g/mol. The maximum absolute atomic E-state index is 11.4. The Hall–Kier alpha value is -1.64. The first kappa shape index (κ1) is 11.8. The van der Waals surface area contributed by atoms with Crippen molar-refractivity contribution in [2.45, 2.75) is 39.5 Å². The third-order valence-corrected chi connectivity index (χ3v) is 3.38. The van der Waals surface area contributed by atoms with E-state index in [9.17, 15) is 9.59 Å². The van der Waals surface area contributed by atoms with Crippen LogP contribution in [-0.4, -0.2) is 0 Å². The predicted molar refractivity (Wildman–Crippen MR) is 66.3 cm³/mol. The first-order valence-corrected chi connectivity index (χ1v) is 5.89. The fraction of sp³-hybridized carbons (Fsp3) is 0.429. The van der Waals surface area contributed by atoms with Gasteiger partial charge in [-0.1, -0.05) is 6.92 Å². The highest BCUT2D eigenvalue weighted by Gasteiger charge is 2.22. The first-order chi connectivity index (χ1) is 8.04. The number of furan rings is 1. The largest absolute Gasteiger partial charge is 0.466 e. The summed E-state index contributed by atoms with van der Waals surface area (Å²) in [7, 11) is 0. The Morgan fingerprint density at radius 2 is 1.88 bits per heavy atom. The van der Waals surface area contributed by atoms with Gasteiger partial charge in [0.2, 0.25) is 10.9 Å². The zero-order valence-electron chi connectivity index (χ0n) is 10.4. The van der Waals surface area contributed by atoms with Gasteiger partial charge in [0.05, 0.1) is 0 Å². The molecule has 0 spiro atoms. The van der Waals surface area contributed by atoms with Gasteiger partial charge in [-0.2, -0.15) is 0 Å². The van der Waals surface area contributed by atoms with Gasteiger partial charge in [-0.15, -0.1) is 0 Å². The molecule has 2 aromatic rings. The van der Waals surface area contributed by atoms with Gasteiger partial charge in [-0.3, -0.25) is 9.59 Å². The van der Waals surface area contributed by atoms with Gasteiger partial charge in [0.15, 0.2) is 0 Å². The van der Waals surface area contributed by atoms with E-state index in [1.54, 1.807) is 6.92 Å². The minimum Gasteiger partial charge on any atom is -0.466 e. The highest BCUT2D eigenvalue weighted by atomic mass is 16.3. The average Bonchev–Trinajstić information content (AvgIpc) is 2.75. The van der Waals surface area contributed by atoms with Crippen molar-refractivity contribution in [2.24, 2.45) is 0 Å². The molecule has 3 heteroatoms. The second-order valence-corrected chi connectivity index (χ2v) is 4.52. The lowest BCUT2D eigenvalue weighted by atomic mass is 9.89. The summed E-state index contributed by atoms with van der Waals surface area (Å²) in [6, 6.07) is 3.87. The molecule has 0 saturated carbocycles. The molecule has 0 aliphatic carbocycles. The van der Waals surface area contributed by atoms with E-state index in [2.05, 4.69) is 6.92 Å². The molecular formula is C14H16O3. The van der Waals surface area contributed by atoms with Crippen molar-refractivity contribution < 1.29 is 4.42 Å². The summed E-state index contributed by atoms with van der Waals surface area (Å²) in [5.74, 6) is 1.96. The quantitative estimate of drug-likeness (QED) is 0.759. The number of aryl methyl sites for hydroxylation is 1. The van der Waals surface area contributed by atoms with Gasteiger partial charge in [-0.25, -0.2) is 0 Å². The van der Waals surface area contributed by atoms with Crippen LogP contribution in [0.25, 0.3) is 0 Å². The fourth-order valence-electron chi connectivity index (χ4n) is 2.16. The van der Waals surface area contributed by atoms with Gasteiger partial charge >= 0.3 is 0 Å². The highest BCUT2D eigenvalue weighted by molar-refractivity contribution is 5.33. The molecule has 17 heavy (non-hydrogen) atoms. The lowest BCUT2D eigenvalue weighted by molar-refractivity contribution is 0.433. The Bertz CT molecular complexity index is 597. The molecule has 0 fully saturated rings. The highest BCUT2D eigenvalue weighted by Crippen LogP contribution is 2.25. The summed E-state index contributed by atoms with van der Waals surface area (Å²) in [5.41, 5.74) is 0.655. The van der Waals surface area contributed by atoms with Crippen LogP contribution in [0.3, 0.4) is 0 Å². The Labute approximate surface area is 99.8 Å². The lowest BCUT2D eigenvalue weighted by Crippen LogP contribution is -2.38. The molecule has 0 amide bonds. The second-order valence-electron chi connectivity index (χ2n) is 4.52. The Morgan fingerprint density at radius 3 is 2.35 bits per heavy atom. The molecule has 0 aliphatic rings. The summed E-state index contributed by atoms with van der Waals surface area (Å²) in [4.78, 5) is 22.6. The Balaban J connectivity index is 2.22. The van der Waals surface area contributed by atoms with E-state index < -0.39 is 0 Å². The average molecular weight is 232 g/mol. The molecule has 2 rings (SSSR count). The van der Waals surface area contributed by atoms with Gasteiger partial charge in [0.25, 0.3) is 0 Å². The van der Waals surface area contributed by atoms with E-state index in [4.69, 9.17) is 4.42 Å². The van der Waals surface area contributed by atoms with Crippen molar-refractivity contribution in [3.8, 4) is 0 Å². The summed E-state index contributed by atoms with van der Waals surface area (Å²) < 4.78 is 5.58. The molecule has 1 aromatic heterocycles. The molecule has 0 radical (unpaired) electrons. The third kappa shape index (κ3) is 1.97. The minimum absolute atomic E-state index is 0.186. The van der Waals surface area contributed by atoms with Crippen molar-refractivity contribution >= 4 is 0 Å². The zero-order valence-corrected chi connectivity index (χ0v) is 10.4. The molecule has 0 unspecified atom stereocenters. The van der Waals surface area contributed by atoms with Gasteiger partial charge in [0, 0.05) is 17.0 Å². The smallest absolute Gasteiger partial charge is 0.229 e. The number of hydrogen-bond acceptors (Lipinski definition) is 3. The summed E-state index contributed by atoms with van der Waals surface area (Å²) in [5, 5.41) is 0. The van der Waals surface area contributed by atoms with Crippen LogP contribution in [0.2, 0.25) is 0 Å². The van der Waals surface area contributed by atoms with Gasteiger partial charge < -0.3 is 4.42 Å². The monoisotopic (exact) mass is 232 g/mol. The third-order valence-electron chi connectivity index (χ3n) is 3.38. The van der Waals surface area contributed by atoms with Crippen LogP contribution in [0.15, 0.2) is 26.1 Å². The molecule has 1 heterocycles. The summed E-state index contributed by atoms with van der Waals surface area (Å²) in [6.45, 7) is 5.68. The van der Waals surface area contributed by atoms with Crippen LogP contribution in [-0.2, 0) is 6.42 Å². The normalized spacial score (nSPS) is 13.1. The van der Waals surface area contributed by atoms with Crippen molar-refractivity contribution in [2.75, 3.05) is 0 Å². The molecule has 3 nitrogen and oxygen atoms in total. The SMILES string of the molecule is CC[C@@H](Cc1c(C)c(=O)c1=O)c1ccc(C)o1. The van der Waals surface area contributed by atoms with E-state index in [1.165, 1.54) is 0 Å². The van der Waals surface area contributed by atoms with Gasteiger partial charge in [0.1, 0.15) is 11.5 Å². The van der Waals surface area contributed by atoms with Crippen molar-refractivity contribution in [1.29, 1.82) is 0 Å². The maximum atomic E-state index is 11.4. The molecule has 0 aliphatic heterocycles. The molecule has 90 valence electrons. The predicted octanol–water partition coefficient (Wildman–Crippen LogP) is 2.23. The minimum atomic E-state index is -0.328. The Kier molecular flexibility index (Phi) is 3.01. The van der Waals surface area contributed by atoms with Crippen molar-refractivity contribution in [3.05, 3.63) is 55.2 Å². The first-order valence-electron chi connectivity index (χ1n) is 5.89.